The van der Waals surface area contributed by atoms with Crippen molar-refractivity contribution in [1.82, 2.24) is 0 Å². The lowest BCUT2D eigenvalue weighted by molar-refractivity contribution is -0.122. The minimum Gasteiger partial charge on any atom is -0.504 e. The summed E-state index contributed by atoms with van der Waals surface area (Å²) in [6.07, 6.45) is 18.6. The van der Waals surface area contributed by atoms with E-state index in [2.05, 4.69) is 18.3 Å². The normalized spacial score (nSPS) is 11.9. The molecule has 1 amide bonds. The Hall–Kier alpha value is -1.91. The Morgan fingerprint density at radius 2 is 1.44 bits per heavy atom. The van der Waals surface area contributed by atoms with Gasteiger partial charge in [-0.05, 0) is 48.9 Å². The van der Waals surface area contributed by atoms with Crippen molar-refractivity contribution in [3.05, 3.63) is 51.5 Å². The highest BCUT2D eigenvalue weighted by atomic mass is 35.5. The predicted octanol–water partition coefficient (Wildman–Crippen LogP) is 10.7. The molecule has 2 aromatic carbocycles. The molecule has 0 aliphatic rings. The maximum atomic E-state index is 13.0. The van der Waals surface area contributed by atoms with Gasteiger partial charge in [-0.1, -0.05) is 139 Å². The van der Waals surface area contributed by atoms with Crippen LogP contribution in [0.25, 0.3) is 0 Å². The number of rotatable bonds is 20. The van der Waals surface area contributed by atoms with Gasteiger partial charge >= 0.3 is 0 Å². The van der Waals surface area contributed by atoms with Gasteiger partial charge in [0.15, 0.2) is 11.9 Å². The van der Waals surface area contributed by atoms with Gasteiger partial charge in [0.05, 0.1) is 10.7 Å². The van der Waals surface area contributed by atoms with E-state index >= 15 is 0 Å². The van der Waals surface area contributed by atoms with Crippen LogP contribution in [0.2, 0.25) is 10.0 Å². The van der Waals surface area contributed by atoms with E-state index in [9.17, 15) is 9.90 Å². The number of hydrogen-bond donors (Lipinski definition) is 2. The molecular formula is C33H49Cl2NO3. The summed E-state index contributed by atoms with van der Waals surface area (Å²) in [5, 5.41) is 13.8. The molecule has 6 heteroatoms. The molecule has 0 heterocycles. The molecule has 1 atom stereocenters. The van der Waals surface area contributed by atoms with Gasteiger partial charge in [-0.25, -0.2) is 0 Å². The third-order valence-electron chi connectivity index (χ3n) is 7.35. The van der Waals surface area contributed by atoms with Gasteiger partial charge < -0.3 is 15.2 Å². The average molecular weight is 579 g/mol. The van der Waals surface area contributed by atoms with E-state index in [1.165, 1.54) is 83.1 Å². The first-order valence-electron chi connectivity index (χ1n) is 15.2. The zero-order valence-electron chi connectivity index (χ0n) is 24.3. The second-order valence-corrected chi connectivity index (χ2v) is 11.3. The topological polar surface area (TPSA) is 58.6 Å². The number of ether oxygens (including phenoxy) is 1. The summed E-state index contributed by atoms with van der Waals surface area (Å²) in [6.45, 7) is 6.08. The maximum Gasteiger partial charge on any atom is 0.265 e. The Labute approximate surface area is 246 Å². The first kappa shape index (κ1) is 33.3. The number of para-hydroxylation sites is 1. The predicted molar refractivity (Wildman–Crippen MR) is 167 cm³/mol. The van der Waals surface area contributed by atoms with Crippen LogP contribution in [0.5, 0.6) is 11.5 Å². The second kappa shape index (κ2) is 19.2. The number of carbonyl (C=O) groups excluding carboxylic acids is 1. The number of aryl methyl sites for hydroxylation is 1. The van der Waals surface area contributed by atoms with E-state index in [0.717, 1.165) is 24.2 Å². The van der Waals surface area contributed by atoms with E-state index < -0.39 is 6.10 Å². The minimum absolute atomic E-state index is 0.164. The molecule has 2 aromatic rings. The highest BCUT2D eigenvalue weighted by Gasteiger charge is 2.23. The van der Waals surface area contributed by atoms with Crippen molar-refractivity contribution in [2.24, 2.45) is 0 Å². The number of hydrogen-bond acceptors (Lipinski definition) is 3. The van der Waals surface area contributed by atoms with E-state index in [-0.39, 0.29) is 22.4 Å². The Kier molecular flexibility index (Phi) is 16.4. The Morgan fingerprint density at radius 3 is 2.00 bits per heavy atom. The number of aromatic hydroxyl groups is 1. The van der Waals surface area contributed by atoms with Gasteiger partial charge in [-0.15, -0.1) is 0 Å². The Bertz CT molecular complexity index is 995. The van der Waals surface area contributed by atoms with Crippen LogP contribution >= 0.6 is 23.2 Å². The van der Waals surface area contributed by atoms with E-state index in [0.29, 0.717) is 23.4 Å². The summed E-state index contributed by atoms with van der Waals surface area (Å²) >= 11 is 12.6. The third kappa shape index (κ3) is 11.6. The van der Waals surface area contributed by atoms with Crippen LogP contribution in [0.15, 0.2) is 30.3 Å². The highest BCUT2D eigenvalue weighted by Crippen LogP contribution is 2.39. The van der Waals surface area contributed by atoms with Crippen molar-refractivity contribution in [1.29, 1.82) is 0 Å². The minimum atomic E-state index is -0.708. The van der Waals surface area contributed by atoms with Crippen LogP contribution in [-0.2, 0) is 17.6 Å². The molecule has 0 fully saturated rings. The fraction of sp³-hybridized carbons (Fsp3) is 0.606. The molecule has 0 aliphatic heterocycles. The van der Waals surface area contributed by atoms with Gasteiger partial charge in [0.2, 0.25) is 0 Å². The molecule has 1 unspecified atom stereocenters. The summed E-state index contributed by atoms with van der Waals surface area (Å²) in [5.74, 6) is 0.212. The zero-order valence-corrected chi connectivity index (χ0v) is 25.8. The van der Waals surface area contributed by atoms with Gasteiger partial charge in [-0.3, -0.25) is 4.79 Å². The van der Waals surface area contributed by atoms with Crippen LogP contribution in [0, 0.1) is 0 Å². The third-order valence-corrected chi connectivity index (χ3v) is 8.10. The fourth-order valence-electron chi connectivity index (χ4n) is 4.91. The number of benzene rings is 2. The number of phenolic OH excluding ortho intramolecular Hbond substituents is 1. The molecule has 218 valence electrons. The largest absolute Gasteiger partial charge is 0.504 e. The van der Waals surface area contributed by atoms with Crippen molar-refractivity contribution < 1.29 is 14.6 Å². The highest BCUT2D eigenvalue weighted by molar-refractivity contribution is 6.37. The van der Waals surface area contributed by atoms with Gasteiger partial charge in [0.1, 0.15) is 5.75 Å². The monoisotopic (exact) mass is 577 g/mol. The quantitative estimate of drug-likeness (QED) is 0.121. The van der Waals surface area contributed by atoms with Crippen LogP contribution < -0.4 is 10.1 Å². The molecule has 0 radical (unpaired) electrons. The first-order chi connectivity index (χ1) is 18.9. The molecule has 4 nitrogen and oxygen atoms in total. The van der Waals surface area contributed by atoms with Crippen molar-refractivity contribution in [3.63, 3.8) is 0 Å². The Balaban J connectivity index is 1.78. The standard InChI is InChI=1S/C33H49Cl2NO3/c1-4-7-8-9-10-11-12-13-14-15-16-17-18-21-25-22-19-20-23-30(25)39-29(6-3)33(38)36-28-24-27(34)26(5-2)31(35)32(28)37/h19-20,22-24,29,37H,4-18,21H2,1-3H3,(H,36,38). The molecule has 0 saturated carbocycles. The molecule has 2 N–H and O–H groups in total. The average Bonchev–Trinajstić information content (AvgIpc) is 2.93. The van der Waals surface area contributed by atoms with E-state index in [1.807, 2.05) is 32.0 Å². The van der Waals surface area contributed by atoms with E-state index in [1.54, 1.807) is 0 Å². The Morgan fingerprint density at radius 1 is 0.872 bits per heavy atom. The number of anilines is 1. The summed E-state index contributed by atoms with van der Waals surface area (Å²) in [4.78, 5) is 13.0. The zero-order chi connectivity index (χ0) is 28.5. The second-order valence-electron chi connectivity index (χ2n) is 10.5. The molecule has 0 saturated heterocycles. The molecule has 2 rings (SSSR count). The van der Waals surface area contributed by atoms with Crippen molar-refractivity contribution in [2.75, 3.05) is 5.32 Å². The number of phenols is 1. The summed E-state index contributed by atoms with van der Waals surface area (Å²) in [6, 6.07) is 9.49. The number of carbonyl (C=O) groups is 1. The van der Waals surface area contributed by atoms with Gasteiger partial charge in [0, 0.05) is 5.02 Å². The number of amides is 1. The molecule has 0 aliphatic carbocycles. The number of nitrogens with one attached hydrogen (secondary N) is 1. The molecule has 0 aromatic heterocycles. The summed E-state index contributed by atoms with van der Waals surface area (Å²) in [7, 11) is 0. The van der Waals surface area contributed by atoms with Crippen LogP contribution in [0.4, 0.5) is 5.69 Å². The first-order valence-corrected chi connectivity index (χ1v) is 15.9. The maximum absolute atomic E-state index is 13.0. The number of halogens is 2. The molecule has 0 spiro atoms. The SMILES string of the molecule is CCCCCCCCCCCCCCCc1ccccc1OC(CC)C(=O)Nc1cc(Cl)c(CC)c(Cl)c1O. The summed E-state index contributed by atoms with van der Waals surface area (Å²) < 4.78 is 6.18. The van der Waals surface area contributed by atoms with Crippen molar-refractivity contribution in [3.8, 4) is 11.5 Å². The number of unbranched alkanes of at least 4 members (excludes halogenated alkanes) is 12. The van der Waals surface area contributed by atoms with Crippen LogP contribution in [0.3, 0.4) is 0 Å². The van der Waals surface area contributed by atoms with Crippen LogP contribution in [0.1, 0.15) is 122 Å². The molecular weight excluding hydrogens is 529 g/mol. The van der Waals surface area contributed by atoms with Gasteiger partial charge in [-0.2, -0.15) is 0 Å². The molecule has 0 bridgehead atoms. The lowest BCUT2D eigenvalue weighted by atomic mass is 10.0. The lowest BCUT2D eigenvalue weighted by Crippen LogP contribution is -2.32. The van der Waals surface area contributed by atoms with Crippen molar-refractivity contribution in [2.45, 2.75) is 130 Å². The fourth-order valence-corrected chi connectivity index (χ4v) is 5.64. The molecule has 39 heavy (non-hydrogen) atoms. The van der Waals surface area contributed by atoms with E-state index in [4.69, 9.17) is 27.9 Å². The lowest BCUT2D eigenvalue weighted by Gasteiger charge is -2.20. The van der Waals surface area contributed by atoms with Crippen LogP contribution in [-0.4, -0.2) is 17.1 Å². The summed E-state index contributed by atoms with van der Waals surface area (Å²) in [5.41, 5.74) is 1.96. The van der Waals surface area contributed by atoms with Gasteiger partial charge in [0.25, 0.3) is 5.91 Å². The van der Waals surface area contributed by atoms with Crippen molar-refractivity contribution >= 4 is 34.8 Å². The smallest absolute Gasteiger partial charge is 0.265 e.